The molecule has 0 amide bonds. The van der Waals surface area contributed by atoms with Gasteiger partial charge in [-0.1, -0.05) is 0 Å². The summed E-state index contributed by atoms with van der Waals surface area (Å²) in [4.78, 5) is 11.4. The summed E-state index contributed by atoms with van der Waals surface area (Å²) in [7, 11) is 3.06. The highest BCUT2D eigenvalue weighted by Gasteiger charge is 2.23. The number of ketones is 1. The molecule has 4 nitrogen and oxygen atoms in total. The lowest BCUT2D eigenvalue weighted by molar-refractivity contribution is -0.117. The average Bonchev–Trinajstić information content (AvgIpc) is 2.31. The van der Waals surface area contributed by atoms with Gasteiger partial charge in [0.05, 0.1) is 20.3 Å². The van der Waals surface area contributed by atoms with Crippen LogP contribution in [0.1, 0.15) is 24.0 Å². The molecule has 0 aliphatic carbocycles. The minimum atomic E-state index is -0.796. The highest BCUT2D eigenvalue weighted by molar-refractivity contribution is 5.87. The Kier molecular flexibility index (Phi) is 4.11. The maximum absolute atomic E-state index is 11.4. The van der Waals surface area contributed by atoms with Crippen LogP contribution in [0.15, 0.2) is 12.1 Å². The predicted octanol–water partition coefficient (Wildman–Crippen LogP) is 2.21. The van der Waals surface area contributed by atoms with Gasteiger partial charge in [0.1, 0.15) is 17.4 Å². The normalized spacial score (nSPS) is 11.5. The number of Topliss-reactive ketones (excluding diaryl/α,β-unsaturated/α-hetero) is 1. The number of aryl methyl sites for hydroxylation is 1. The van der Waals surface area contributed by atoms with E-state index in [9.17, 15) is 4.79 Å². The molecule has 0 radical (unpaired) electrons. The van der Waals surface area contributed by atoms with Crippen LogP contribution in [0.3, 0.4) is 0 Å². The lowest BCUT2D eigenvalue weighted by Gasteiger charge is -2.15. The van der Waals surface area contributed by atoms with Crippen LogP contribution in [0.5, 0.6) is 11.5 Å². The molecule has 0 aromatic heterocycles. The van der Waals surface area contributed by atoms with Gasteiger partial charge in [-0.3, -0.25) is 4.79 Å². The highest BCUT2D eigenvalue weighted by Crippen LogP contribution is 2.34. The Morgan fingerprint density at radius 3 is 2.41 bits per heavy atom. The molecule has 0 spiro atoms. The third-order valence-corrected chi connectivity index (χ3v) is 2.60. The highest BCUT2D eigenvalue weighted by atomic mass is 16.5. The van der Waals surface area contributed by atoms with E-state index in [4.69, 9.17) is 14.7 Å². The third kappa shape index (κ3) is 2.56. The first-order valence-electron chi connectivity index (χ1n) is 5.17. The van der Waals surface area contributed by atoms with Crippen molar-refractivity contribution in [1.82, 2.24) is 0 Å². The van der Waals surface area contributed by atoms with Gasteiger partial charge >= 0.3 is 0 Å². The zero-order valence-corrected chi connectivity index (χ0v) is 10.4. The summed E-state index contributed by atoms with van der Waals surface area (Å²) in [6.07, 6.45) is 0. The molecule has 0 saturated heterocycles. The Morgan fingerprint density at radius 2 is 2.00 bits per heavy atom. The Labute approximate surface area is 101 Å². The fraction of sp³-hybridized carbons (Fsp3) is 0.385. The van der Waals surface area contributed by atoms with Crippen LogP contribution >= 0.6 is 0 Å². The molecule has 1 aromatic carbocycles. The van der Waals surface area contributed by atoms with Crippen molar-refractivity contribution in [1.29, 1.82) is 5.26 Å². The van der Waals surface area contributed by atoms with Crippen molar-refractivity contribution in [2.45, 2.75) is 19.8 Å². The van der Waals surface area contributed by atoms with Crippen LogP contribution in [-0.4, -0.2) is 20.0 Å². The molecule has 0 saturated carbocycles. The van der Waals surface area contributed by atoms with Gasteiger partial charge < -0.3 is 9.47 Å². The molecule has 0 N–H and O–H groups in total. The second-order valence-electron chi connectivity index (χ2n) is 3.73. The number of benzene rings is 1. The molecular weight excluding hydrogens is 218 g/mol. The summed E-state index contributed by atoms with van der Waals surface area (Å²) in [6.45, 7) is 3.23. The Balaban J connectivity index is 3.42. The number of hydrogen-bond acceptors (Lipinski definition) is 4. The van der Waals surface area contributed by atoms with Crippen LogP contribution in [0.2, 0.25) is 0 Å². The molecule has 0 aliphatic heterocycles. The fourth-order valence-electron chi connectivity index (χ4n) is 1.75. The van der Waals surface area contributed by atoms with Crippen molar-refractivity contribution in [3.8, 4) is 17.6 Å². The Hall–Kier alpha value is -2.02. The summed E-state index contributed by atoms with van der Waals surface area (Å²) in [5, 5.41) is 9.06. The minimum absolute atomic E-state index is 0.195. The molecule has 0 aliphatic rings. The lowest BCUT2D eigenvalue weighted by atomic mass is 9.92. The van der Waals surface area contributed by atoms with Crippen molar-refractivity contribution < 1.29 is 14.3 Å². The Bertz CT molecular complexity index is 474. The minimum Gasteiger partial charge on any atom is -0.497 e. The summed E-state index contributed by atoms with van der Waals surface area (Å²) < 4.78 is 10.3. The summed E-state index contributed by atoms with van der Waals surface area (Å²) >= 11 is 0. The topological polar surface area (TPSA) is 59.3 Å². The van der Waals surface area contributed by atoms with Crippen molar-refractivity contribution in [2.75, 3.05) is 14.2 Å². The van der Waals surface area contributed by atoms with E-state index in [1.807, 2.05) is 13.0 Å². The quantitative estimate of drug-likeness (QED) is 0.800. The molecule has 1 atom stereocenters. The SMILES string of the molecule is COc1cc(C)c(C(C#N)C(C)=O)c(OC)c1. The zero-order valence-electron chi connectivity index (χ0n) is 10.4. The van der Waals surface area contributed by atoms with Crippen LogP contribution in [0.25, 0.3) is 0 Å². The summed E-state index contributed by atoms with van der Waals surface area (Å²) in [5.74, 6) is 0.155. The number of nitriles is 1. The maximum atomic E-state index is 11.4. The van der Waals surface area contributed by atoms with E-state index >= 15 is 0 Å². The number of methoxy groups -OCH3 is 2. The number of hydrogen-bond donors (Lipinski definition) is 0. The molecule has 0 fully saturated rings. The molecule has 1 unspecified atom stereocenters. The van der Waals surface area contributed by atoms with Gasteiger partial charge in [0.2, 0.25) is 0 Å². The largest absolute Gasteiger partial charge is 0.497 e. The van der Waals surface area contributed by atoms with E-state index in [1.54, 1.807) is 19.2 Å². The number of carbonyl (C=O) groups is 1. The predicted molar refractivity (Wildman–Crippen MR) is 63.3 cm³/mol. The summed E-state index contributed by atoms with van der Waals surface area (Å²) in [5.41, 5.74) is 1.42. The molecule has 90 valence electrons. The number of rotatable bonds is 4. The van der Waals surface area contributed by atoms with Gasteiger partial charge in [-0.15, -0.1) is 0 Å². The molecule has 1 rings (SSSR count). The van der Waals surface area contributed by atoms with E-state index in [0.29, 0.717) is 17.1 Å². The zero-order chi connectivity index (χ0) is 13.0. The van der Waals surface area contributed by atoms with Gasteiger partial charge in [0.15, 0.2) is 5.78 Å². The van der Waals surface area contributed by atoms with E-state index < -0.39 is 5.92 Å². The van der Waals surface area contributed by atoms with Crippen molar-refractivity contribution >= 4 is 5.78 Å². The third-order valence-electron chi connectivity index (χ3n) is 2.60. The van der Waals surface area contributed by atoms with Crippen LogP contribution in [-0.2, 0) is 4.79 Å². The van der Waals surface area contributed by atoms with Gasteiger partial charge in [-0.2, -0.15) is 5.26 Å². The number of carbonyl (C=O) groups excluding carboxylic acids is 1. The van der Waals surface area contributed by atoms with E-state index in [-0.39, 0.29) is 5.78 Å². The van der Waals surface area contributed by atoms with E-state index in [1.165, 1.54) is 14.0 Å². The van der Waals surface area contributed by atoms with Gasteiger partial charge in [-0.05, 0) is 25.5 Å². The van der Waals surface area contributed by atoms with Gasteiger partial charge in [0, 0.05) is 11.6 Å². The number of nitrogens with zero attached hydrogens (tertiary/aromatic N) is 1. The average molecular weight is 233 g/mol. The first-order chi connectivity index (χ1) is 8.04. The van der Waals surface area contributed by atoms with Crippen LogP contribution in [0, 0.1) is 18.3 Å². The van der Waals surface area contributed by atoms with Crippen LogP contribution < -0.4 is 9.47 Å². The van der Waals surface area contributed by atoms with E-state index in [0.717, 1.165) is 5.56 Å². The summed E-state index contributed by atoms with van der Waals surface area (Å²) in [6, 6.07) is 5.46. The first kappa shape index (κ1) is 13.0. The smallest absolute Gasteiger partial charge is 0.151 e. The molecule has 4 heteroatoms. The fourth-order valence-corrected chi connectivity index (χ4v) is 1.75. The second-order valence-corrected chi connectivity index (χ2v) is 3.73. The standard InChI is InChI=1S/C13H15NO3/c1-8-5-10(16-3)6-12(17-4)13(8)11(7-14)9(2)15/h5-6,11H,1-4H3. The van der Waals surface area contributed by atoms with E-state index in [2.05, 4.69) is 0 Å². The van der Waals surface area contributed by atoms with Crippen molar-refractivity contribution in [2.24, 2.45) is 0 Å². The molecule has 17 heavy (non-hydrogen) atoms. The first-order valence-corrected chi connectivity index (χ1v) is 5.17. The second kappa shape index (κ2) is 5.35. The lowest BCUT2D eigenvalue weighted by Crippen LogP contribution is -2.10. The molecule has 1 aromatic rings. The molecule has 0 heterocycles. The van der Waals surface area contributed by atoms with Gasteiger partial charge in [-0.25, -0.2) is 0 Å². The Morgan fingerprint density at radius 1 is 1.35 bits per heavy atom. The number of ether oxygens (including phenoxy) is 2. The van der Waals surface area contributed by atoms with Crippen molar-refractivity contribution in [3.05, 3.63) is 23.3 Å². The van der Waals surface area contributed by atoms with Crippen LogP contribution in [0.4, 0.5) is 0 Å². The maximum Gasteiger partial charge on any atom is 0.151 e. The van der Waals surface area contributed by atoms with Crippen molar-refractivity contribution in [3.63, 3.8) is 0 Å². The molecule has 0 bridgehead atoms. The molecular formula is C13H15NO3. The van der Waals surface area contributed by atoms with Gasteiger partial charge in [0.25, 0.3) is 0 Å². The monoisotopic (exact) mass is 233 g/mol.